The Morgan fingerprint density at radius 1 is 1.05 bits per heavy atom. The highest BCUT2D eigenvalue weighted by Crippen LogP contribution is 2.31. The molecule has 0 N–H and O–H groups in total. The molecule has 3 rings (SSSR count). The first-order chi connectivity index (χ1) is 10.7. The number of aromatic nitrogens is 1. The Morgan fingerprint density at radius 3 is 2.64 bits per heavy atom. The molecular weight excluding hydrogens is 300 g/mol. The van der Waals surface area contributed by atoms with Crippen LogP contribution in [-0.2, 0) is 0 Å². The predicted octanol–water partition coefficient (Wildman–Crippen LogP) is 4.08. The molecule has 6 heteroatoms. The van der Waals surface area contributed by atoms with Crippen LogP contribution in [0.15, 0.2) is 65.7 Å². The second-order valence-corrected chi connectivity index (χ2v) is 5.51. The molecule has 0 bridgehead atoms. The topological polar surface area (TPSA) is 73.1 Å². The van der Waals surface area contributed by atoms with E-state index in [0.717, 1.165) is 17.1 Å². The van der Waals surface area contributed by atoms with Gasteiger partial charge in [-0.1, -0.05) is 30.3 Å². The average Bonchev–Trinajstić information content (AvgIpc) is 2.55. The molecule has 1 aromatic heterocycles. The molecule has 0 atom stereocenters. The van der Waals surface area contributed by atoms with Gasteiger partial charge in [0.1, 0.15) is 5.56 Å². The summed E-state index contributed by atoms with van der Waals surface area (Å²) >= 11 is 0.952. The van der Waals surface area contributed by atoms with Crippen molar-refractivity contribution in [2.24, 2.45) is 0 Å². The van der Waals surface area contributed by atoms with Crippen LogP contribution in [0.3, 0.4) is 0 Å². The molecule has 0 saturated carbocycles. The molecule has 22 heavy (non-hydrogen) atoms. The summed E-state index contributed by atoms with van der Waals surface area (Å²) < 4.78 is 0. The van der Waals surface area contributed by atoms with Gasteiger partial charge >= 0.3 is 0 Å². The van der Waals surface area contributed by atoms with Crippen molar-refractivity contribution < 1.29 is 9.72 Å². The van der Waals surface area contributed by atoms with Crippen molar-refractivity contribution in [1.29, 1.82) is 0 Å². The zero-order chi connectivity index (χ0) is 15.5. The van der Waals surface area contributed by atoms with E-state index in [0.29, 0.717) is 10.4 Å². The molecule has 0 spiro atoms. The minimum Gasteiger partial charge on any atom is -0.281 e. The molecular formula is C16H10N2O3S. The van der Waals surface area contributed by atoms with E-state index in [4.69, 9.17) is 0 Å². The molecule has 0 fully saturated rings. The van der Waals surface area contributed by atoms with Gasteiger partial charge in [0.25, 0.3) is 5.69 Å². The van der Waals surface area contributed by atoms with Crippen molar-refractivity contribution in [2.45, 2.75) is 4.90 Å². The van der Waals surface area contributed by atoms with Crippen LogP contribution in [0.5, 0.6) is 0 Å². The van der Waals surface area contributed by atoms with Crippen molar-refractivity contribution in [3.63, 3.8) is 0 Å². The SMILES string of the molecule is O=C(Sc1cccc2cccnc12)c1ccccc1[N+](=O)[O-]. The Hall–Kier alpha value is -2.73. The molecule has 0 aliphatic heterocycles. The third-order valence-electron chi connectivity index (χ3n) is 3.12. The summed E-state index contributed by atoms with van der Waals surface area (Å²) in [4.78, 5) is 27.9. The molecule has 0 aliphatic rings. The second kappa shape index (κ2) is 5.95. The Bertz CT molecular complexity index is 875. The van der Waals surface area contributed by atoms with Gasteiger partial charge in [-0.2, -0.15) is 0 Å². The van der Waals surface area contributed by atoms with E-state index in [1.165, 1.54) is 12.1 Å². The number of para-hydroxylation sites is 2. The summed E-state index contributed by atoms with van der Waals surface area (Å²) in [6.07, 6.45) is 1.65. The van der Waals surface area contributed by atoms with Gasteiger partial charge in [-0.25, -0.2) is 0 Å². The summed E-state index contributed by atoms with van der Waals surface area (Å²) in [7, 11) is 0. The molecule has 2 aromatic carbocycles. The van der Waals surface area contributed by atoms with Crippen LogP contribution < -0.4 is 0 Å². The molecule has 1 heterocycles. The highest BCUT2D eigenvalue weighted by Gasteiger charge is 2.20. The van der Waals surface area contributed by atoms with E-state index < -0.39 is 4.92 Å². The number of fused-ring (bicyclic) bond motifs is 1. The maximum absolute atomic E-state index is 12.4. The summed E-state index contributed by atoms with van der Waals surface area (Å²) in [6, 6.07) is 15.2. The van der Waals surface area contributed by atoms with Gasteiger partial charge in [-0.3, -0.25) is 19.9 Å². The quantitative estimate of drug-likeness (QED) is 0.414. The first kappa shape index (κ1) is 14.2. The third-order valence-corrected chi connectivity index (χ3v) is 4.07. The first-order valence-electron chi connectivity index (χ1n) is 6.46. The third kappa shape index (κ3) is 2.68. The maximum Gasteiger partial charge on any atom is 0.281 e. The van der Waals surface area contributed by atoms with E-state index in [1.54, 1.807) is 24.4 Å². The fourth-order valence-corrected chi connectivity index (χ4v) is 3.02. The van der Waals surface area contributed by atoms with Crippen molar-refractivity contribution in [3.8, 4) is 0 Å². The molecule has 0 amide bonds. The van der Waals surface area contributed by atoms with Crippen LogP contribution in [0.4, 0.5) is 5.69 Å². The standard InChI is InChI=1S/C16H10N2O3S/c19-16(12-7-1-2-8-13(12)18(20)21)22-14-9-3-5-11-6-4-10-17-15(11)14/h1-10H. The number of rotatable bonds is 3. The van der Waals surface area contributed by atoms with Crippen LogP contribution in [0, 0.1) is 10.1 Å². The Labute approximate surface area is 130 Å². The van der Waals surface area contributed by atoms with Gasteiger partial charge in [0.2, 0.25) is 5.12 Å². The van der Waals surface area contributed by atoms with Gasteiger partial charge in [0.15, 0.2) is 0 Å². The number of hydrogen-bond donors (Lipinski definition) is 0. The van der Waals surface area contributed by atoms with E-state index in [1.807, 2.05) is 24.3 Å². The van der Waals surface area contributed by atoms with Crippen LogP contribution in [0.1, 0.15) is 10.4 Å². The number of hydrogen-bond acceptors (Lipinski definition) is 5. The number of carbonyl (C=O) groups is 1. The smallest absolute Gasteiger partial charge is 0.281 e. The lowest BCUT2D eigenvalue weighted by Gasteiger charge is -2.05. The molecule has 0 unspecified atom stereocenters. The Kier molecular flexibility index (Phi) is 3.84. The molecule has 108 valence electrons. The van der Waals surface area contributed by atoms with Crippen molar-refractivity contribution in [3.05, 3.63) is 76.5 Å². The van der Waals surface area contributed by atoms with Gasteiger partial charge in [-0.05, 0) is 30.0 Å². The normalized spacial score (nSPS) is 10.5. The number of nitrogens with zero attached hydrogens (tertiary/aromatic N) is 2. The fraction of sp³-hybridized carbons (Fsp3) is 0. The highest BCUT2D eigenvalue weighted by atomic mass is 32.2. The summed E-state index contributed by atoms with van der Waals surface area (Å²) in [5.74, 6) is 0. The lowest BCUT2D eigenvalue weighted by molar-refractivity contribution is -0.385. The van der Waals surface area contributed by atoms with E-state index >= 15 is 0 Å². The fourth-order valence-electron chi connectivity index (χ4n) is 2.12. The van der Waals surface area contributed by atoms with Gasteiger partial charge in [-0.15, -0.1) is 0 Å². The second-order valence-electron chi connectivity index (χ2n) is 4.50. The largest absolute Gasteiger partial charge is 0.281 e. The van der Waals surface area contributed by atoms with Crippen molar-refractivity contribution in [1.82, 2.24) is 4.98 Å². The predicted molar refractivity (Wildman–Crippen MR) is 85.0 cm³/mol. The van der Waals surface area contributed by atoms with Gasteiger partial charge in [0.05, 0.1) is 10.4 Å². The monoisotopic (exact) mass is 310 g/mol. The molecule has 0 radical (unpaired) electrons. The van der Waals surface area contributed by atoms with Gasteiger partial charge < -0.3 is 0 Å². The summed E-state index contributed by atoms with van der Waals surface area (Å²) in [5.41, 5.74) is 0.612. The van der Waals surface area contributed by atoms with Gasteiger partial charge in [0, 0.05) is 22.5 Å². The minimum atomic E-state index is -0.546. The minimum absolute atomic E-state index is 0.0884. The first-order valence-corrected chi connectivity index (χ1v) is 7.28. The number of nitro groups is 1. The maximum atomic E-state index is 12.4. The highest BCUT2D eigenvalue weighted by molar-refractivity contribution is 8.14. The Morgan fingerprint density at radius 2 is 1.82 bits per heavy atom. The van der Waals surface area contributed by atoms with E-state index in [-0.39, 0.29) is 16.4 Å². The zero-order valence-electron chi connectivity index (χ0n) is 11.3. The average molecular weight is 310 g/mol. The van der Waals surface area contributed by atoms with Crippen LogP contribution in [-0.4, -0.2) is 15.0 Å². The summed E-state index contributed by atoms with van der Waals surface area (Å²) in [5, 5.41) is 11.6. The van der Waals surface area contributed by atoms with Crippen LogP contribution >= 0.6 is 11.8 Å². The van der Waals surface area contributed by atoms with E-state index in [9.17, 15) is 14.9 Å². The molecule has 5 nitrogen and oxygen atoms in total. The van der Waals surface area contributed by atoms with Crippen LogP contribution in [0.2, 0.25) is 0 Å². The molecule has 0 saturated heterocycles. The molecule has 3 aromatic rings. The number of nitro benzene ring substituents is 1. The summed E-state index contributed by atoms with van der Waals surface area (Å²) in [6.45, 7) is 0. The van der Waals surface area contributed by atoms with Crippen LogP contribution in [0.25, 0.3) is 10.9 Å². The lowest BCUT2D eigenvalue weighted by atomic mass is 10.2. The van der Waals surface area contributed by atoms with Crippen molar-refractivity contribution in [2.75, 3.05) is 0 Å². The lowest BCUT2D eigenvalue weighted by Crippen LogP contribution is -2.00. The molecule has 0 aliphatic carbocycles. The van der Waals surface area contributed by atoms with E-state index in [2.05, 4.69) is 4.98 Å². The number of benzene rings is 2. The number of carbonyl (C=O) groups excluding carboxylic acids is 1. The Balaban J connectivity index is 1.99. The number of pyridine rings is 1. The van der Waals surface area contributed by atoms with Crippen molar-refractivity contribution >= 4 is 33.5 Å². The zero-order valence-corrected chi connectivity index (χ0v) is 12.1. The number of thioether (sulfide) groups is 1.